The van der Waals surface area contributed by atoms with Gasteiger partial charge in [-0.3, -0.25) is 0 Å². The van der Waals surface area contributed by atoms with E-state index < -0.39 is 58.3 Å². The van der Waals surface area contributed by atoms with Gasteiger partial charge in [0.1, 0.15) is 28.1 Å². The Kier molecular flexibility index (Phi) is 15.4. The monoisotopic (exact) mass is 837 g/mol. The molecule has 2 heterocycles. The smallest absolute Gasteiger partial charge is 0.407 e. The minimum Gasteiger partial charge on any atom is -0.492 e. The SMILES string of the molecule is CCOC(=O)c1cc(F)c(N2CCC(NC(=O)OC(C)(C)C)C2)c(OC)c1F.CCOC(=O)c1cc(F)c(N2CCC(NC(=O)OC(C)(C)C)C2)c(OC)c1NC1CC1. The van der Waals surface area contributed by atoms with Crippen molar-refractivity contribution in [3.8, 4) is 11.5 Å². The molecule has 2 amide bonds. The molecule has 328 valence electrons. The van der Waals surface area contributed by atoms with Gasteiger partial charge in [0.25, 0.3) is 0 Å². The molecule has 3 N–H and O–H groups in total. The van der Waals surface area contributed by atoms with E-state index >= 15 is 4.39 Å². The molecule has 2 aliphatic heterocycles. The third-order valence-electron chi connectivity index (χ3n) is 9.13. The van der Waals surface area contributed by atoms with E-state index in [1.54, 1.807) is 60.3 Å². The first kappa shape index (κ1) is 46.4. The van der Waals surface area contributed by atoms with E-state index in [0.717, 1.165) is 18.9 Å². The van der Waals surface area contributed by atoms with Gasteiger partial charge < -0.3 is 54.2 Å². The largest absolute Gasteiger partial charge is 0.492 e. The summed E-state index contributed by atoms with van der Waals surface area (Å²) in [5, 5.41) is 8.85. The van der Waals surface area contributed by atoms with Crippen LogP contribution in [0.4, 0.5) is 39.8 Å². The van der Waals surface area contributed by atoms with Gasteiger partial charge in [0.05, 0.1) is 50.8 Å². The lowest BCUT2D eigenvalue weighted by atomic mass is 10.1. The average Bonchev–Trinajstić information content (AvgIpc) is 3.64. The van der Waals surface area contributed by atoms with Crippen molar-refractivity contribution in [2.75, 3.05) is 68.7 Å². The molecule has 1 aliphatic carbocycles. The van der Waals surface area contributed by atoms with Crippen LogP contribution in [0.25, 0.3) is 0 Å². The fraction of sp³-hybridized carbons (Fsp3) is 0.610. The molecule has 2 unspecified atom stereocenters. The second-order valence-corrected chi connectivity index (χ2v) is 16.3. The zero-order valence-electron chi connectivity index (χ0n) is 35.6. The summed E-state index contributed by atoms with van der Waals surface area (Å²) in [5.41, 5.74) is -1.01. The predicted molar refractivity (Wildman–Crippen MR) is 214 cm³/mol. The quantitative estimate of drug-likeness (QED) is 0.149. The Morgan fingerprint density at radius 3 is 1.49 bits per heavy atom. The highest BCUT2D eigenvalue weighted by molar-refractivity contribution is 5.99. The fourth-order valence-corrected chi connectivity index (χ4v) is 6.60. The summed E-state index contributed by atoms with van der Waals surface area (Å²) in [6.07, 6.45) is 2.03. The van der Waals surface area contributed by atoms with Gasteiger partial charge in [-0.2, -0.15) is 0 Å². The summed E-state index contributed by atoms with van der Waals surface area (Å²) in [5.74, 6) is -4.02. The third kappa shape index (κ3) is 12.6. The van der Waals surface area contributed by atoms with Gasteiger partial charge in [0.15, 0.2) is 29.0 Å². The van der Waals surface area contributed by atoms with Gasteiger partial charge in [-0.15, -0.1) is 0 Å². The van der Waals surface area contributed by atoms with Crippen molar-refractivity contribution in [3.63, 3.8) is 0 Å². The first-order valence-corrected chi connectivity index (χ1v) is 19.8. The van der Waals surface area contributed by atoms with Gasteiger partial charge in [0, 0.05) is 32.2 Å². The molecular weight excluding hydrogens is 779 g/mol. The molecule has 2 saturated heterocycles. The maximum atomic E-state index is 15.2. The highest BCUT2D eigenvalue weighted by Crippen LogP contribution is 2.44. The Morgan fingerprint density at radius 2 is 1.08 bits per heavy atom. The maximum Gasteiger partial charge on any atom is 0.407 e. The number of carbonyl (C=O) groups is 4. The van der Waals surface area contributed by atoms with Crippen LogP contribution in [0, 0.1) is 17.5 Å². The van der Waals surface area contributed by atoms with Crippen LogP contribution in [-0.4, -0.2) is 107 Å². The molecule has 59 heavy (non-hydrogen) atoms. The summed E-state index contributed by atoms with van der Waals surface area (Å²) in [6, 6.07) is 1.74. The van der Waals surface area contributed by atoms with Crippen LogP contribution in [0.15, 0.2) is 12.1 Å². The van der Waals surface area contributed by atoms with Crippen LogP contribution in [0.3, 0.4) is 0 Å². The maximum absolute atomic E-state index is 15.2. The summed E-state index contributed by atoms with van der Waals surface area (Å²) < 4.78 is 75.7. The number of methoxy groups -OCH3 is 2. The Bertz CT molecular complexity index is 1850. The van der Waals surface area contributed by atoms with Gasteiger partial charge >= 0.3 is 24.1 Å². The van der Waals surface area contributed by atoms with E-state index in [-0.39, 0.29) is 66.3 Å². The summed E-state index contributed by atoms with van der Waals surface area (Å²) in [6.45, 7) is 15.7. The zero-order chi connectivity index (χ0) is 43.8. The number of alkyl carbamates (subject to hydrolysis) is 2. The van der Waals surface area contributed by atoms with E-state index in [2.05, 4.69) is 16.0 Å². The lowest BCUT2D eigenvalue weighted by Crippen LogP contribution is -2.40. The Hall–Kier alpha value is -5.29. The minimum absolute atomic E-state index is 0.0358. The van der Waals surface area contributed by atoms with Crippen molar-refractivity contribution in [3.05, 3.63) is 40.7 Å². The van der Waals surface area contributed by atoms with Crippen LogP contribution in [-0.2, 0) is 18.9 Å². The van der Waals surface area contributed by atoms with Crippen LogP contribution < -0.4 is 35.2 Å². The molecule has 5 rings (SSSR count). The molecule has 2 atom stereocenters. The lowest BCUT2D eigenvalue weighted by molar-refractivity contribution is 0.0497. The number of benzene rings is 2. The fourth-order valence-electron chi connectivity index (χ4n) is 6.60. The van der Waals surface area contributed by atoms with E-state index in [9.17, 15) is 28.0 Å². The molecule has 15 nitrogen and oxygen atoms in total. The summed E-state index contributed by atoms with van der Waals surface area (Å²) in [7, 11) is 2.65. The van der Waals surface area contributed by atoms with Crippen molar-refractivity contribution >= 4 is 41.2 Å². The molecule has 0 radical (unpaired) electrons. The van der Waals surface area contributed by atoms with Crippen LogP contribution in [0.2, 0.25) is 0 Å². The molecular formula is C41H58F3N5O10. The number of anilines is 3. The van der Waals surface area contributed by atoms with Crippen molar-refractivity contribution in [2.45, 2.75) is 110 Å². The van der Waals surface area contributed by atoms with Gasteiger partial charge in [0.2, 0.25) is 0 Å². The van der Waals surface area contributed by atoms with Crippen LogP contribution in [0.1, 0.15) is 102 Å². The number of carbonyl (C=O) groups excluding carboxylic acids is 4. The molecule has 0 spiro atoms. The van der Waals surface area contributed by atoms with E-state index in [0.29, 0.717) is 38.2 Å². The first-order chi connectivity index (χ1) is 27.7. The second-order valence-electron chi connectivity index (χ2n) is 16.3. The number of esters is 2. The number of rotatable bonds is 12. The normalized spacial score (nSPS) is 17.6. The second kappa shape index (κ2) is 19.6. The Labute approximate surface area is 343 Å². The highest BCUT2D eigenvalue weighted by atomic mass is 19.1. The van der Waals surface area contributed by atoms with Crippen LogP contribution in [0.5, 0.6) is 11.5 Å². The molecule has 0 aromatic heterocycles. The molecule has 18 heteroatoms. The third-order valence-corrected chi connectivity index (χ3v) is 9.13. The Balaban J connectivity index is 0.000000262. The van der Waals surface area contributed by atoms with Crippen molar-refractivity contribution in [2.24, 2.45) is 0 Å². The van der Waals surface area contributed by atoms with E-state index in [1.807, 2.05) is 4.90 Å². The summed E-state index contributed by atoms with van der Waals surface area (Å²) in [4.78, 5) is 51.7. The predicted octanol–water partition coefficient (Wildman–Crippen LogP) is 6.94. The lowest BCUT2D eigenvalue weighted by Gasteiger charge is -2.26. The standard InChI is InChI=1S/C22H32FN3O5.C19H26F2N2O5/c1-6-30-20(27)15-11-16(23)18(19(29-5)17(15)24-13-7-8-13)26-10-9-14(12-26)25-21(28)31-22(2,3)4;1-6-27-17(24)12-9-13(20)15(16(26-5)14(12)21)23-8-7-11(10-23)22-18(25)28-19(2,3)4/h11,13-14,24H,6-10,12H2,1-5H3,(H,25,28);9,11H,6-8,10H2,1-5H3,(H,22,25). The molecule has 0 bridgehead atoms. The molecule has 3 fully saturated rings. The highest BCUT2D eigenvalue weighted by Gasteiger charge is 2.35. The van der Waals surface area contributed by atoms with Gasteiger partial charge in [-0.05, 0) is 93.2 Å². The van der Waals surface area contributed by atoms with Crippen molar-refractivity contribution < 1.29 is 60.8 Å². The first-order valence-electron chi connectivity index (χ1n) is 19.8. The number of hydrogen-bond donors (Lipinski definition) is 3. The number of hydrogen-bond acceptors (Lipinski definition) is 13. The molecule has 3 aliphatic rings. The zero-order valence-corrected chi connectivity index (χ0v) is 35.6. The van der Waals surface area contributed by atoms with Gasteiger partial charge in [-0.25, -0.2) is 32.3 Å². The van der Waals surface area contributed by atoms with Crippen LogP contribution >= 0.6 is 0 Å². The van der Waals surface area contributed by atoms with E-state index in [1.165, 1.54) is 20.3 Å². The number of ether oxygens (including phenoxy) is 6. The number of nitrogens with zero attached hydrogens (tertiary/aromatic N) is 2. The van der Waals surface area contributed by atoms with Gasteiger partial charge in [-0.1, -0.05) is 0 Å². The number of halogens is 3. The Morgan fingerprint density at radius 1 is 0.661 bits per heavy atom. The molecule has 1 saturated carbocycles. The number of amides is 2. The average molecular weight is 838 g/mol. The molecule has 2 aromatic rings. The minimum atomic E-state index is -0.985. The van der Waals surface area contributed by atoms with E-state index in [4.69, 9.17) is 28.4 Å². The molecule has 2 aromatic carbocycles. The van der Waals surface area contributed by atoms with Crippen molar-refractivity contribution in [1.82, 2.24) is 10.6 Å². The topological polar surface area (TPSA) is 166 Å². The number of nitrogens with one attached hydrogen (secondary N) is 3. The van der Waals surface area contributed by atoms with Crippen molar-refractivity contribution in [1.29, 1.82) is 0 Å². The summed E-state index contributed by atoms with van der Waals surface area (Å²) >= 11 is 0.